The van der Waals surface area contributed by atoms with Gasteiger partial charge in [0.25, 0.3) is 0 Å². The van der Waals surface area contributed by atoms with Gasteiger partial charge in [0, 0.05) is 59.4 Å². The summed E-state index contributed by atoms with van der Waals surface area (Å²) in [6.07, 6.45) is 17.6. The number of nitrogens with zero attached hydrogens (tertiary/aromatic N) is 6. The minimum absolute atomic E-state index is 0.0239. The van der Waals surface area contributed by atoms with E-state index < -0.39 is 5.67 Å². The summed E-state index contributed by atoms with van der Waals surface area (Å²) in [4.78, 5) is 34.7. The van der Waals surface area contributed by atoms with E-state index in [0.29, 0.717) is 38.1 Å². The third-order valence-corrected chi connectivity index (χ3v) is 11.3. The molecule has 3 aromatic rings. The second kappa shape index (κ2) is 9.14. The fourth-order valence-corrected chi connectivity index (χ4v) is 8.46. The standard InChI is InChI=1S/C34H41FN6O2/c1-30(2,3)28-39-29(43-40-28)33-9-6-31(7-10-33,8-11-33)21-41(26(42)13-32-18-34(35,19-32)20-32)25-12-23(14-36-17-25)24-15-37-27(38-16-24)22-4-5-22/h12,14-17,22H,4-11,13,18-21H2,1-3H3. The third-order valence-electron chi connectivity index (χ3n) is 11.3. The van der Waals surface area contributed by atoms with Gasteiger partial charge in [-0.3, -0.25) is 9.78 Å². The number of halogens is 1. The second-order valence-electron chi connectivity index (χ2n) is 15.8. The van der Waals surface area contributed by atoms with Crippen molar-refractivity contribution in [2.45, 2.75) is 120 Å². The zero-order valence-electron chi connectivity index (χ0n) is 25.5. The van der Waals surface area contributed by atoms with Crippen LogP contribution in [0.2, 0.25) is 0 Å². The highest BCUT2D eigenvalue weighted by Crippen LogP contribution is 2.71. The number of fused-ring (bicyclic) bond motifs is 3. The van der Waals surface area contributed by atoms with Crippen LogP contribution in [0.5, 0.6) is 0 Å². The molecule has 0 saturated heterocycles. The van der Waals surface area contributed by atoms with Crippen LogP contribution in [0.25, 0.3) is 11.1 Å². The van der Waals surface area contributed by atoms with Crippen LogP contribution in [-0.2, 0) is 15.6 Å². The Morgan fingerprint density at radius 2 is 1.63 bits per heavy atom. The Hall–Kier alpha value is -3.23. The fourth-order valence-electron chi connectivity index (χ4n) is 8.46. The molecule has 7 saturated carbocycles. The number of aromatic nitrogens is 5. The maximum absolute atomic E-state index is 14.4. The van der Waals surface area contributed by atoms with Crippen molar-refractivity contribution >= 4 is 11.6 Å². The molecule has 4 bridgehead atoms. The zero-order valence-corrected chi connectivity index (χ0v) is 25.5. The average Bonchev–Trinajstić information content (AvgIpc) is 3.69. The summed E-state index contributed by atoms with van der Waals surface area (Å²) in [5, 5.41) is 4.33. The molecule has 0 aromatic carbocycles. The van der Waals surface area contributed by atoms with Gasteiger partial charge in [-0.25, -0.2) is 14.4 Å². The highest BCUT2D eigenvalue weighted by atomic mass is 19.1. The van der Waals surface area contributed by atoms with Gasteiger partial charge in [0.15, 0.2) is 5.82 Å². The molecule has 0 aliphatic heterocycles. The Kier molecular flexibility index (Phi) is 5.81. The smallest absolute Gasteiger partial charge is 0.232 e. The van der Waals surface area contributed by atoms with Crippen LogP contribution in [0.15, 0.2) is 35.4 Å². The Bertz CT molecular complexity index is 1530. The molecule has 0 radical (unpaired) electrons. The molecule has 7 aliphatic rings. The fraction of sp³-hybridized carbons (Fsp3) is 0.647. The van der Waals surface area contributed by atoms with Gasteiger partial charge in [-0.1, -0.05) is 25.9 Å². The van der Waals surface area contributed by atoms with Crippen LogP contribution in [0.3, 0.4) is 0 Å². The Morgan fingerprint density at radius 3 is 2.21 bits per heavy atom. The number of anilines is 1. The topological polar surface area (TPSA) is 97.9 Å². The monoisotopic (exact) mass is 584 g/mol. The molecule has 43 heavy (non-hydrogen) atoms. The molecular weight excluding hydrogens is 543 g/mol. The number of hydrogen-bond donors (Lipinski definition) is 0. The van der Waals surface area contributed by atoms with E-state index >= 15 is 0 Å². The van der Waals surface area contributed by atoms with Crippen molar-refractivity contribution in [3.8, 4) is 11.1 Å². The molecule has 226 valence electrons. The highest BCUT2D eigenvalue weighted by Gasteiger charge is 2.69. The van der Waals surface area contributed by atoms with Gasteiger partial charge >= 0.3 is 0 Å². The predicted molar refractivity (Wildman–Crippen MR) is 159 cm³/mol. The number of amides is 1. The van der Waals surface area contributed by atoms with Gasteiger partial charge in [0.05, 0.1) is 11.9 Å². The first-order valence-corrected chi connectivity index (χ1v) is 16.1. The lowest BCUT2D eigenvalue weighted by Gasteiger charge is -2.66. The maximum atomic E-state index is 14.4. The lowest BCUT2D eigenvalue weighted by molar-refractivity contribution is -0.215. The van der Waals surface area contributed by atoms with E-state index in [2.05, 4.69) is 46.9 Å². The Morgan fingerprint density at radius 1 is 0.953 bits per heavy atom. The summed E-state index contributed by atoms with van der Waals surface area (Å²) >= 11 is 0. The van der Waals surface area contributed by atoms with E-state index in [9.17, 15) is 9.18 Å². The molecule has 0 atom stereocenters. The number of alkyl halides is 1. The van der Waals surface area contributed by atoms with E-state index in [1.807, 2.05) is 23.5 Å². The van der Waals surface area contributed by atoms with Gasteiger partial charge < -0.3 is 9.42 Å². The second-order valence-corrected chi connectivity index (χ2v) is 15.8. The van der Waals surface area contributed by atoms with Crippen LogP contribution < -0.4 is 4.90 Å². The molecule has 7 fully saturated rings. The van der Waals surface area contributed by atoms with Crippen molar-refractivity contribution < 1.29 is 13.7 Å². The molecule has 0 unspecified atom stereocenters. The van der Waals surface area contributed by atoms with Crippen molar-refractivity contribution in [1.82, 2.24) is 25.1 Å². The van der Waals surface area contributed by atoms with Crippen LogP contribution in [0, 0.1) is 10.8 Å². The van der Waals surface area contributed by atoms with Crippen molar-refractivity contribution in [2.24, 2.45) is 10.8 Å². The van der Waals surface area contributed by atoms with Crippen LogP contribution in [0.4, 0.5) is 10.1 Å². The molecule has 3 aromatic heterocycles. The van der Waals surface area contributed by atoms with E-state index in [4.69, 9.17) is 9.51 Å². The third kappa shape index (κ3) is 4.69. The average molecular weight is 585 g/mol. The van der Waals surface area contributed by atoms with Crippen molar-refractivity contribution in [3.63, 3.8) is 0 Å². The van der Waals surface area contributed by atoms with Gasteiger partial charge in [0.1, 0.15) is 11.5 Å². The van der Waals surface area contributed by atoms with Crippen LogP contribution >= 0.6 is 0 Å². The quantitative estimate of drug-likeness (QED) is 0.281. The Balaban J connectivity index is 1.05. The molecule has 0 spiro atoms. The molecule has 9 heteroatoms. The number of pyridine rings is 1. The number of hydrogen-bond acceptors (Lipinski definition) is 7. The summed E-state index contributed by atoms with van der Waals surface area (Å²) in [5.74, 6) is 3.05. The SMILES string of the molecule is CC(C)(C)c1noc(C23CCC(CN(C(=O)CC45CC(F)(C4)C5)c4cncc(-c5cnc(C6CC6)nc5)c4)(CC2)CC3)n1. The summed E-state index contributed by atoms with van der Waals surface area (Å²) < 4.78 is 20.2. The van der Waals surface area contributed by atoms with E-state index in [-0.39, 0.29) is 27.6 Å². The lowest BCUT2D eigenvalue weighted by Crippen LogP contribution is -2.65. The van der Waals surface area contributed by atoms with Crippen LogP contribution in [-0.4, -0.2) is 43.2 Å². The van der Waals surface area contributed by atoms with Gasteiger partial charge in [0.2, 0.25) is 11.8 Å². The summed E-state index contributed by atoms with van der Waals surface area (Å²) in [6, 6.07) is 2.05. The highest BCUT2D eigenvalue weighted by molar-refractivity contribution is 5.94. The van der Waals surface area contributed by atoms with E-state index in [1.54, 1.807) is 6.20 Å². The Labute approximate surface area is 252 Å². The van der Waals surface area contributed by atoms with Crippen molar-refractivity contribution in [3.05, 3.63) is 48.4 Å². The largest absolute Gasteiger partial charge is 0.339 e. The molecular formula is C34H41FN6O2. The molecule has 7 aliphatic carbocycles. The summed E-state index contributed by atoms with van der Waals surface area (Å²) in [7, 11) is 0. The summed E-state index contributed by atoms with van der Waals surface area (Å²) in [5.41, 5.74) is 1.24. The number of rotatable bonds is 8. The van der Waals surface area contributed by atoms with Crippen molar-refractivity contribution in [1.29, 1.82) is 0 Å². The molecule has 0 N–H and O–H groups in total. The first-order chi connectivity index (χ1) is 20.5. The number of carbonyl (C=O) groups is 1. The minimum Gasteiger partial charge on any atom is -0.339 e. The lowest BCUT2D eigenvalue weighted by atomic mass is 9.41. The van der Waals surface area contributed by atoms with Gasteiger partial charge in [-0.2, -0.15) is 4.98 Å². The summed E-state index contributed by atoms with van der Waals surface area (Å²) in [6.45, 7) is 6.98. The molecule has 1 amide bonds. The number of carbonyl (C=O) groups excluding carboxylic acids is 1. The first-order valence-electron chi connectivity index (χ1n) is 16.1. The van der Waals surface area contributed by atoms with Gasteiger partial charge in [-0.15, -0.1) is 0 Å². The predicted octanol–water partition coefficient (Wildman–Crippen LogP) is 7.00. The zero-order chi connectivity index (χ0) is 29.7. The van der Waals surface area contributed by atoms with Gasteiger partial charge in [-0.05, 0) is 87.5 Å². The first kappa shape index (κ1) is 27.3. The van der Waals surface area contributed by atoms with E-state index in [1.165, 1.54) is 0 Å². The normalized spacial score (nSPS) is 32.7. The molecule has 10 rings (SSSR count). The van der Waals surface area contributed by atoms with Crippen molar-refractivity contribution in [2.75, 3.05) is 11.4 Å². The molecule has 8 nitrogen and oxygen atoms in total. The maximum Gasteiger partial charge on any atom is 0.232 e. The van der Waals surface area contributed by atoms with Crippen LogP contribution in [0.1, 0.15) is 121 Å². The van der Waals surface area contributed by atoms with E-state index in [0.717, 1.165) is 85.7 Å². The molecule has 3 heterocycles. The minimum atomic E-state index is -1.02.